The van der Waals surface area contributed by atoms with Crippen molar-refractivity contribution in [1.82, 2.24) is 29.2 Å². The standard InChI is InChI=1S/C19H23ClN6/c1-24-18(13-26-10-8-21-14-26)22-23-19(24)16-6-4-9-25(12-16)11-15-5-2-3-7-17(15)20/h2-3,5,7-8,10,14,16H,4,6,9,11-13H2,1H3/t16-/m1/s1. The molecule has 26 heavy (non-hydrogen) atoms. The number of likely N-dealkylation sites (tertiary alicyclic amines) is 1. The molecule has 1 fully saturated rings. The molecule has 3 heterocycles. The van der Waals surface area contributed by atoms with Crippen LogP contribution < -0.4 is 0 Å². The van der Waals surface area contributed by atoms with Crippen molar-refractivity contribution in [2.75, 3.05) is 13.1 Å². The van der Waals surface area contributed by atoms with Gasteiger partial charge >= 0.3 is 0 Å². The molecule has 1 aliphatic rings. The minimum absolute atomic E-state index is 0.403. The lowest BCUT2D eigenvalue weighted by Gasteiger charge is -2.32. The smallest absolute Gasteiger partial charge is 0.152 e. The second kappa shape index (κ2) is 7.60. The molecule has 1 atom stereocenters. The molecule has 3 aromatic rings. The quantitative estimate of drug-likeness (QED) is 0.692. The summed E-state index contributed by atoms with van der Waals surface area (Å²) in [5, 5.41) is 9.76. The number of hydrogen-bond donors (Lipinski definition) is 0. The number of imidazole rings is 1. The summed E-state index contributed by atoms with van der Waals surface area (Å²) in [6.45, 7) is 3.67. The fourth-order valence-electron chi connectivity index (χ4n) is 3.69. The Morgan fingerprint density at radius 2 is 2.08 bits per heavy atom. The van der Waals surface area contributed by atoms with E-state index in [-0.39, 0.29) is 0 Å². The zero-order valence-corrected chi connectivity index (χ0v) is 15.7. The van der Waals surface area contributed by atoms with Crippen LogP contribution in [0.4, 0.5) is 0 Å². The summed E-state index contributed by atoms with van der Waals surface area (Å²) < 4.78 is 4.15. The molecule has 136 valence electrons. The average molecular weight is 371 g/mol. The summed E-state index contributed by atoms with van der Waals surface area (Å²) in [6, 6.07) is 8.10. The molecule has 0 radical (unpaired) electrons. The van der Waals surface area contributed by atoms with Crippen LogP contribution in [0.2, 0.25) is 5.02 Å². The van der Waals surface area contributed by atoms with Gasteiger partial charge in [0, 0.05) is 43.5 Å². The number of aromatic nitrogens is 5. The molecule has 1 aliphatic heterocycles. The predicted molar refractivity (Wildman–Crippen MR) is 101 cm³/mol. The first-order valence-corrected chi connectivity index (χ1v) is 9.38. The van der Waals surface area contributed by atoms with Crippen LogP contribution in [0, 0.1) is 0 Å². The molecule has 6 nitrogen and oxygen atoms in total. The van der Waals surface area contributed by atoms with E-state index in [0.29, 0.717) is 12.5 Å². The van der Waals surface area contributed by atoms with Crippen molar-refractivity contribution in [1.29, 1.82) is 0 Å². The summed E-state index contributed by atoms with van der Waals surface area (Å²) in [5.41, 5.74) is 1.19. The zero-order chi connectivity index (χ0) is 17.9. The van der Waals surface area contributed by atoms with Crippen LogP contribution in [0.15, 0.2) is 43.0 Å². The molecule has 1 aromatic carbocycles. The molecule has 0 saturated carbocycles. The minimum Gasteiger partial charge on any atom is -0.330 e. The van der Waals surface area contributed by atoms with Gasteiger partial charge in [-0.3, -0.25) is 4.90 Å². The normalized spacial score (nSPS) is 18.3. The summed E-state index contributed by atoms with van der Waals surface area (Å²) in [6.07, 6.45) is 7.85. The number of rotatable bonds is 5. The van der Waals surface area contributed by atoms with Crippen molar-refractivity contribution in [3.05, 3.63) is 65.2 Å². The van der Waals surface area contributed by atoms with Crippen LogP contribution in [0.1, 0.15) is 36.0 Å². The summed E-state index contributed by atoms with van der Waals surface area (Å²) in [4.78, 5) is 6.56. The lowest BCUT2D eigenvalue weighted by molar-refractivity contribution is 0.195. The number of hydrogen-bond acceptors (Lipinski definition) is 4. The van der Waals surface area contributed by atoms with Gasteiger partial charge in [0.25, 0.3) is 0 Å². The Kier molecular flexibility index (Phi) is 5.04. The van der Waals surface area contributed by atoms with Gasteiger partial charge in [0.2, 0.25) is 0 Å². The molecular formula is C19H23ClN6. The van der Waals surface area contributed by atoms with Crippen LogP contribution in [0.5, 0.6) is 0 Å². The van der Waals surface area contributed by atoms with Gasteiger partial charge in [-0.15, -0.1) is 10.2 Å². The Hall–Kier alpha value is -2.18. The average Bonchev–Trinajstić information content (AvgIpc) is 3.28. The van der Waals surface area contributed by atoms with Gasteiger partial charge in [0.1, 0.15) is 5.82 Å². The van der Waals surface area contributed by atoms with E-state index < -0.39 is 0 Å². The first-order chi connectivity index (χ1) is 12.7. The molecule has 0 spiro atoms. The van der Waals surface area contributed by atoms with Gasteiger partial charge in [0.05, 0.1) is 12.9 Å². The molecule has 0 amide bonds. The molecule has 1 saturated heterocycles. The third-order valence-corrected chi connectivity index (χ3v) is 5.47. The number of halogens is 1. The summed E-state index contributed by atoms with van der Waals surface area (Å²) in [7, 11) is 2.06. The van der Waals surface area contributed by atoms with E-state index in [0.717, 1.165) is 42.7 Å². The molecule has 0 bridgehead atoms. The van der Waals surface area contributed by atoms with Crippen LogP contribution in [0.25, 0.3) is 0 Å². The Balaban J connectivity index is 1.46. The maximum Gasteiger partial charge on any atom is 0.152 e. The highest BCUT2D eigenvalue weighted by molar-refractivity contribution is 6.31. The Morgan fingerprint density at radius 3 is 2.88 bits per heavy atom. The highest BCUT2D eigenvalue weighted by Gasteiger charge is 2.26. The van der Waals surface area contributed by atoms with Crippen LogP contribution in [0.3, 0.4) is 0 Å². The minimum atomic E-state index is 0.403. The first kappa shape index (κ1) is 17.2. The van der Waals surface area contributed by atoms with E-state index in [1.165, 1.54) is 12.0 Å². The topological polar surface area (TPSA) is 51.8 Å². The van der Waals surface area contributed by atoms with Gasteiger partial charge in [-0.25, -0.2) is 4.98 Å². The molecule has 0 unspecified atom stereocenters. The van der Waals surface area contributed by atoms with Gasteiger partial charge in [-0.05, 0) is 31.0 Å². The van der Waals surface area contributed by atoms with Gasteiger partial charge in [0.15, 0.2) is 5.82 Å². The van der Waals surface area contributed by atoms with Crippen molar-refractivity contribution in [2.24, 2.45) is 7.05 Å². The van der Waals surface area contributed by atoms with Gasteiger partial charge in [-0.1, -0.05) is 29.8 Å². The molecule has 2 aromatic heterocycles. The second-order valence-electron chi connectivity index (χ2n) is 6.93. The third kappa shape index (κ3) is 3.66. The Bertz CT molecular complexity index is 857. The highest BCUT2D eigenvalue weighted by Crippen LogP contribution is 2.28. The summed E-state index contributed by atoms with van der Waals surface area (Å²) in [5.74, 6) is 2.44. The fourth-order valence-corrected chi connectivity index (χ4v) is 3.89. The lowest BCUT2D eigenvalue weighted by Crippen LogP contribution is -2.35. The number of nitrogens with zero attached hydrogens (tertiary/aromatic N) is 6. The molecule has 0 N–H and O–H groups in total. The third-order valence-electron chi connectivity index (χ3n) is 5.10. The zero-order valence-electron chi connectivity index (χ0n) is 14.9. The van der Waals surface area contributed by atoms with E-state index in [4.69, 9.17) is 11.6 Å². The van der Waals surface area contributed by atoms with E-state index >= 15 is 0 Å². The van der Waals surface area contributed by atoms with Crippen LogP contribution in [-0.4, -0.2) is 42.3 Å². The first-order valence-electron chi connectivity index (χ1n) is 9.00. The monoisotopic (exact) mass is 370 g/mol. The lowest BCUT2D eigenvalue weighted by atomic mass is 9.96. The second-order valence-corrected chi connectivity index (χ2v) is 7.34. The SMILES string of the molecule is Cn1c(Cn2ccnc2)nnc1[C@@H]1CCCN(Cc2ccccc2Cl)C1. The molecule has 7 heteroatoms. The van der Waals surface area contributed by atoms with Crippen molar-refractivity contribution in [3.8, 4) is 0 Å². The van der Waals surface area contributed by atoms with Crippen molar-refractivity contribution in [2.45, 2.75) is 31.8 Å². The maximum atomic E-state index is 6.33. The van der Waals surface area contributed by atoms with Gasteiger partial charge in [-0.2, -0.15) is 0 Å². The van der Waals surface area contributed by atoms with Crippen molar-refractivity contribution < 1.29 is 0 Å². The highest BCUT2D eigenvalue weighted by atomic mass is 35.5. The van der Waals surface area contributed by atoms with Crippen LogP contribution >= 0.6 is 11.6 Å². The molecular weight excluding hydrogens is 348 g/mol. The van der Waals surface area contributed by atoms with Gasteiger partial charge < -0.3 is 9.13 Å². The Morgan fingerprint density at radius 1 is 1.19 bits per heavy atom. The Labute approximate surface area is 158 Å². The summed E-state index contributed by atoms with van der Waals surface area (Å²) >= 11 is 6.33. The molecule has 0 aliphatic carbocycles. The van der Waals surface area contributed by atoms with E-state index in [9.17, 15) is 0 Å². The van der Waals surface area contributed by atoms with E-state index in [2.05, 4.69) is 37.8 Å². The number of piperidine rings is 1. The van der Waals surface area contributed by atoms with E-state index in [1.807, 2.05) is 29.0 Å². The largest absolute Gasteiger partial charge is 0.330 e. The van der Waals surface area contributed by atoms with Crippen molar-refractivity contribution >= 4 is 11.6 Å². The maximum absolute atomic E-state index is 6.33. The molecule has 4 rings (SSSR count). The van der Waals surface area contributed by atoms with E-state index in [1.54, 1.807) is 12.5 Å². The predicted octanol–water partition coefficient (Wildman–Crippen LogP) is 3.09. The fraction of sp³-hybridized carbons (Fsp3) is 0.421. The van der Waals surface area contributed by atoms with Crippen molar-refractivity contribution in [3.63, 3.8) is 0 Å². The number of benzene rings is 1. The van der Waals surface area contributed by atoms with Crippen LogP contribution in [-0.2, 0) is 20.1 Å².